The van der Waals surface area contributed by atoms with Crippen molar-refractivity contribution in [1.82, 2.24) is 0 Å². The van der Waals surface area contributed by atoms with Gasteiger partial charge in [-0.05, 0) is 45.2 Å². The topological polar surface area (TPSA) is 35.2 Å². The van der Waals surface area contributed by atoms with Crippen LogP contribution in [0.1, 0.15) is 32.3 Å². The lowest BCUT2D eigenvalue weighted by Gasteiger charge is -2.19. The Kier molecular flexibility index (Phi) is 3.69. The Morgan fingerprint density at radius 3 is 2.88 bits per heavy atom. The maximum Gasteiger partial charge on any atom is 0.0677 e. The largest absolute Gasteiger partial charge is 0.398 e. The molecule has 0 aromatic heterocycles. The number of hydrogen-bond acceptors (Lipinski definition) is 3. The minimum Gasteiger partial charge on any atom is -0.398 e. The van der Waals surface area contributed by atoms with Gasteiger partial charge in [-0.2, -0.15) is 0 Å². The average Bonchev–Trinajstić information content (AvgIpc) is 2.61. The maximum atomic E-state index is 6.06. The number of ether oxygens (including phenoxy) is 1. The van der Waals surface area contributed by atoms with Crippen molar-refractivity contribution in [2.45, 2.75) is 50.2 Å². The molecule has 0 spiro atoms. The fourth-order valence-electron chi connectivity index (χ4n) is 2.16. The smallest absolute Gasteiger partial charge is 0.0677 e. The van der Waals surface area contributed by atoms with Crippen LogP contribution in [0, 0.1) is 6.92 Å². The minimum absolute atomic E-state index is 0.0589. The summed E-state index contributed by atoms with van der Waals surface area (Å²) in [6, 6.07) is 6.20. The molecule has 1 aromatic rings. The van der Waals surface area contributed by atoms with E-state index in [4.69, 9.17) is 10.5 Å². The van der Waals surface area contributed by atoms with Gasteiger partial charge in [0, 0.05) is 16.3 Å². The number of nitrogens with two attached hydrogens (primary N) is 1. The van der Waals surface area contributed by atoms with Gasteiger partial charge in [0.1, 0.15) is 0 Å². The molecule has 2 nitrogen and oxygen atoms in total. The number of hydrogen-bond donors (Lipinski definition) is 1. The lowest BCUT2D eigenvalue weighted by Crippen LogP contribution is -2.21. The SMILES string of the molecule is Cc1cccc(SCC2CCC(C)(C)O2)c1N. The van der Waals surface area contributed by atoms with Crippen LogP contribution in [0.3, 0.4) is 0 Å². The summed E-state index contributed by atoms with van der Waals surface area (Å²) in [6.45, 7) is 6.38. The van der Waals surface area contributed by atoms with E-state index >= 15 is 0 Å². The Morgan fingerprint density at radius 2 is 2.24 bits per heavy atom. The van der Waals surface area contributed by atoms with Crippen LogP contribution in [0.5, 0.6) is 0 Å². The lowest BCUT2D eigenvalue weighted by molar-refractivity contribution is -0.00466. The quantitative estimate of drug-likeness (QED) is 0.658. The molecule has 1 heterocycles. The zero-order valence-corrected chi connectivity index (χ0v) is 11.6. The number of benzene rings is 1. The average molecular weight is 251 g/mol. The second kappa shape index (κ2) is 4.91. The summed E-state index contributed by atoms with van der Waals surface area (Å²) in [7, 11) is 0. The van der Waals surface area contributed by atoms with Crippen molar-refractivity contribution >= 4 is 17.4 Å². The lowest BCUT2D eigenvalue weighted by atomic mass is 10.1. The molecule has 2 rings (SSSR count). The first-order valence-electron chi connectivity index (χ1n) is 6.14. The molecule has 1 saturated heterocycles. The van der Waals surface area contributed by atoms with Crippen LogP contribution in [0.4, 0.5) is 5.69 Å². The second-order valence-corrected chi connectivity index (χ2v) is 6.40. The molecule has 1 aliphatic rings. The first-order chi connectivity index (χ1) is 7.98. The highest BCUT2D eigenvalue weighted by molar-refractivity contribution is 7.99. The Balaban J connectivity index is 1.93. The third kappa shape index (κ3) is 3.17. The van der Waals surface area contributed by atoms with E-state index < -0.39 is 0 Å². The van der Waals surface area contributed by atoms with Gasteiger partial charge in [-0.1, -0.05) is 12.1 Å². The molecule has 0 bridgehead atoms. The van der Waals surface area contributed by atoms with E-state index in [1.807, 2.05) is 11.8 Å². The summed E-state index contributed by atoms with van der Waals surface area (Å²) in [6.07, 6.45) is 2.68. The van der Waals surface area contributed by atoms with Gasteiger partial charge < -0.3 is 10.5 Å². The summed E-state index contributed by atoms with van der Waals surface area (Å²) in [5.74, 6) is 0.997. The molecule has 1 unspecified atom stereocenters. The molecule has 3 heteroatoms. The Bertz CT molecular complexity index is 403. The summed E-state index contributed by atoms with van der Waals surface area (Å²) in [4.78, 5) is 1.18. The number of aryl methyl sites for hydroxylation is 1. The molecule has 1 fully saturated rings. The van der Waals surface area contributed by atoms with Gasteiger partial charge in [-0.15, -0.1) is 11.8 Å². The van der Waals surface area contributed by atoms with Gasteiger partial charge in [0.2, 0.25) is 0 Å². The maximum absolute atomic E-state index is 6.06. The monoisotopic (exact) mass is 251 g/mol. The van der Waals surface area contributed by atoms with Crippen LogP contribution in [0.25, 0.3) is 0 Å². The second-order valence-electron chi connectivity index (χ2n) is 5.34. The molecule has 0 saturated carbocycles. The molecular formula is C14H21NOS. The molecule has 1 aromatic carbocycles. The molecule has 1 atom stereocenters. The summed E-state index contributed by atoms with van der Waals surface area (Å²) < 4.78 is 5.98. The van der Waals surface area contributed by atoms with Crippen LogP contribution >= 0.6 is 11.8 Å². The molecule has 0 amide bonds. The standard InChI is InChI=1S/C14H21NOS/c1-10-5-4-6-12(13(10)15)17-9-11-7-8-14(2,3)16-11/h4-6,11H,7-9,15H2,1-3H3. The van der Waals surface area contributed by atoms with E-state index in [9.17, 15) is 0 Å². The van der Waals surface area contributed by atoms with Crippen molar-refractivity contribution in [3.8, 4) is 0 Å². The highest BCUT2D eigenvalue weighted by atomic mass is 32.2. The number of thioether (sulfide) groups is 1. The van der Waals surface area contributed by atoms with E-state index in [1.165, 1.54) is 4.90 Å². The number of rotatable bonds is 3. The van der Waals surface area contributed by atoms with Gasteiger partial charge in [0.15, 0.2) is 0 Å². The third-order valence-corrected chi connectivity index (χ3v) is 4.47. The predicted molar refractivity (Wildman–Crippen MR) is 74.5 cm³/mol. The van der Waals surface area contributed by atoms with Crippen molar-refractivity contribution in [1.29, 1.82) is 0 Å². The van der Waals surface area contributed by atoms with Gasteiger partial charge >= 0.3 is 0 Å². The van der Waals surface area contributed by atoms with E-state index in [0.29, 0.717) is 6.10 Å². The molecule has 0 radical (unpaired) electrons. The normalized spacial score (nSPS) is 22.9. The fraction of sp³-hybridized carbons (Fsp3) is 0.571. The van der Waals surface area contributed by atoms with Crippen molar-refractivity contribution in [2.75, 3.05) is 11.5 Å². The third-order valence-electron chi connectivity index (χ3n) is 3.26. The molecule has 17 heavy (non-hydrogen) atoms. The highest BCUT2D eigenvalue weighted by Crippen LogP contribution is 2.34. The van der Waals surface area contributed by atoms with Gasteiger partial charge in [0.25, 0.3) is 0 Å². The molecule has 1 aliphatic heterocycles. The summed E-state index contributed by atoms with van der Waals surface area (Å²) >= 11 is 1.81. The van der Waals surface area contributed by atoms with E-state index in [0.717, 1.165) is 29.8 Å². The van der Waals surface area contributed by atoms with E-state index in [-0.39, 0.29) is 5.60 Å². The number of anilines is 1. The molecular weight excluding hydrogens is 230 g/mol. The summed E-state index contributed by atoms with van der Waals surface area (Å²) in [5.41, 5.74) is 8.18. The Labute approximate surface area is 108 Å². The van der Waals surface area contributed by atoms with Crippen LogP contribution in [0.2, 0.25) is 0 Å². The molecule has 2 N–H and O–H groups in total. The number of nitrogen functional groups attached to an aromatic ring is 1. The number of para-hydroxylation sites is 1. The zero-order valence-electron chi connectivity index (χ0n) is 10.8. The van der Waals surface area contributed by atoms with Gasteiger partial charge in [-0.3, -0.25) is 0 Å². The zero-order chi connectivity index (χ0) is 12.5. The van der Waals surface area contributed by atoms with Crippen molar-refractivity contribution in [2.24, 2.45) is 0 Å². The van der Waals surface area contributed by atoms with Gasteiger partial charge in [-0.25, -0.2) is 0 Å². The first kappa shape index (κ1) is 12.8. The Hall–Kier alpha value is -0.670. The van der Waals surface area contributed by atoms with Crippen molar-refractivity contribution < 1.29 is 4.74 Å². The van der Waals surface area contributed by atoms with Crippen LogP contribution < -0.4 is 5.73 Å². The van der Waals surface area contributed by atoms with Gasteiger partial charge in [0.05, 0.1) is 11.7 Å². The summed E-state index contributed by atoms with van der Waals surface area (Å²) in [5, 5.41) is 0. The minimum atomic E-state index is 0.0589. The van der Waals surface area contributed by atoms with Crippen LogP contribution in [0.15, 0.2) is 23.1 Å². The fourth-order valence-corrected chi connectivity index (χ4v) is 3.25. The van der Waals surface area contributed by atoms with Crippen LogP contribution in [-0.4, -0.2) is 17.5 Å². The van der Waals surface area contributed by atoms with E-state index in [1.54, 1.807) is 0 Å². The van der Waals surface area contributed by atoms with Crippen molar-refractivity contribution in [3.63, 3.8) is 0 Å². The van der Waals surface area contributed by atoms with Crippen molar-refractivity contribution in [3.05, 3.63) is 23.8 Å². The van der Waals surface area contributed by atoms with E-state index in [2.05, 4.69) is 39.0 Å². The molecule has 0 aliphatic carbocycles. The predicted octanol–water partition coefficient (Wildman–Crippen LogP) is 3.63. The Morgan fingerprint density at radius 1 is 1.47 bits per heavy atom. The highest BCUT2D eigenvalue weighted by Gasteiger charge is 2.31. The molecule has 94 valence electrons. The van der Waals surface area contributed by atoms with Crippen LogP contribution in [-0.2, 0) is 4.74 Å². The first-order valence-corrected chi connectivity index (χ1v) is 7.12.